The molecule has 2 aromatic rings. The van der Waals surface area contributed by atoms with Crippen molar-refractivity contribution in [2.45, 2.75) is 38.8 Å². The molecule has 0 radical (unpaired) electrons. The van der Waals surface area contributed by atoms with E-state index in [1.165, 1.54) is 12.1 Å². The Morgan fingerprint density at radius 2 is 2.04 bits per heavy atom. The summed E-state index contributed by atoms with van der Waals surface area (Å²) in [4.78, 5) is 15.0. The minimum atomic E-state index is -3.70. The van der Waals surface area contributed by atoms with Crippen molar-refractivity contribution in [1.29, 1.82) is 0 Å². The van der Waals surface area contributed by atoms with Crippen LogP contribution >= 0.6 is 11.6 Å². The topological polar surface area (TPSA) is 97.5 Å². The first-order valence-electron chi connectivity index (χ1n) is 8.13. The van der Waals surface area contributed by atoms with Crippen LogP contribution in [-0.2, 0) is 25.5 Å². The molecule has 0 spiro atoms. The van der Waals surface area contributed by atoms with Gasteiger partial charge in [0, 0.05) is 17.1 Å². The zero-order valence-electron chi connectivity index (χ0n) is 15.4. The molecule has 0 saturated carbocycles. The third kappa shape index (κ3) is 6.67. The molecular formula is C17H22ClFN2O5S. The first kappa shape index (κ1) is 21.5. The highest BCUT2D eigenvalue weighted by Gasteiger charge is 2.22. The molecule has 1 atom stereocenters. The van der Waals surface area contributed by atoms with E-state index in [4.69, 9.17) is 20.5 Å². The number of hydrogen-bond acceptors (Lipinski definition) is 5. The number of alkyl carbamates (subject to hydrolysis) is 1. The average molecular weight is 421 g/mol. The number of ether oxygens (including phenoxy) is 1. The quantitative estimate of drug-likeness (QED) is 0.698. The number of nitrogens with one attached hydrogen (secondary N) is 2. The average Bonchev–Trinajstić information content (AvgIpc) is 2.85. The van der Waals surface area contributed by atoms with Crippen LogP contribution in [0.25, 0.3) is 10.9 Å². The number of aromatic nitrogens is 1. The SMILES string of the molecule is CC(C)(C)OC(=O)N[C@@H](COS(C)(=O)=O)Cc1c[nH]c2cc(Cl)c(F)cc12. The number of benzene rings is 1. The van der Waals surface area contributed by atoms with Crippen molar-refractivity contribution in [3.8, 4) is 0 Å². The fourth-order valence-electron chi connectivity index (χ4n) is 2.44. The van der Waals surface area contributed by atoms with E-state index in [0.29, 0.717) is 16.5 Å². The van der Waals surface area contributed by atoms with E-state index in [9.17, 15) is 17.6 Å². The van der Waals surface area contributed by atoms with Crippen LogP contribution in [0.2, 0.25) is 5.02 Å². The number of halogens is 2. The number of amides is 1. The molecule has 2 N–H and O–H groups in total. The molecule has 0 aliphatic heterocycles. The van der Waals surface area contributed by atoms with E-state index in [1.807, 2.05) is 0 Å². The molecule has 27 heavy (non-hydrogen) atoms. The lowest BCUT2D eigenvalue weighted by molar-refractivity contribution is 0.0488. The second-order valence-electron chi connectivity index (χ2n) is 7.16. The van der Waals surface area contributed by atoms with Crippen LogP contribution in [0.1, 0.15) is 26.3 Å². The zero-order chi connectivity index (χ0) is 20.4. The van der Waals surface area contributed by atoms with Gasteiger partial charge in [0.25, 0.3) is 10.1 Å². The van der Waals surface area contributed by atoms with Gasteiger partial charge in [-0.2, -0.15) is 8.42 Å². The number of rotatable bonds is 6. The summed E-state index contributed by atoms with van der Waals surface area (Å²) in [6, 6.07) is 2.03. The second kappa shape index (κ2) is 8.04. The molecule has 1 heterocycles. The zero-order valence-corrected chi connectivity index (χ0v) is 17.0. The van der Waals surface area contributed by atoms with Gasteiger partial charge in [0.2, 0.25) is 0 Å². The molecule has 150 valence electrons. The van der Waals surface area contributed by atoms with Crippen molar-refractivity contribution in [3.63, 3.8) is 0 Å². The third-order valence-electron chi connectivity index (χ3n) is 3.48. The summed E-state index contributed by atoms with van der Waals surface area (Å²) in [6.07, 6.45) is 2.04. The van der Waals surface area contributed by atoms with E-state index in [-0.39, 0.29) is 18.1 Å². The summed E-state index contributed by atoms with van der Waals surface area (Å²) in [5, 5.41) is 3.15. The van der Waals surface area contributed by atoms with E-state index < -0.39 is 33.7 Å². The number of aromatic amines is 1. The molecule has 10 heteroatoms. The summed E-state index contributed by atoms with van der Waals surface area (Å²) < 4.78 is 46.4. The number of H-pyrrole nitrogens is 1. The first-order chi connectivity index (χ1) is 12.3. The number of carbonyl (C=O) groups excluding carboxylic acids is 1. The van der Waals surface area contributed by atoms with Gasteiger partial charge < -0.3 is 15.0 Å². The lowest BCUT2D eigenvalue weighted by Gasteiger charge is -2.23. The summed E-state index contributed by atoms with van der Waals surface area (Å²) in [7, 11) is -3.70. The molecule has 1 aromatic heterocycles. The van der Waals surface area contributed by atoms with Gasteiger partial charge in [-0.1, -0.05) is 11.6 Å². The molecule has 7 nitrogen and oxygen atoms in total. The molecule has 0 unspecified atom stereocenters. The standard InChI is InChI=1S/C17H22ClFN2O5S/c1-17(2,3)26-16(22)21-11(9-25-27(4,23)24)5-10-8-20-15-7-13(18)14(19)6-12(10)15/h6-8,11,20H,5,9H2,1-4H3,(H,21,22)/t11-/m1/s1. The first-order valence-corrected chi connectivity index (χ1v) is 10.3. The fraction of sp³-hybridized carbons (Fsp3) is 0.471. The summed E-state index contributed by atoms with van der Waals surface area (Å²) in [5.41, 5.74) is 0.572. The van der Waals surface area contributed by atoms with Crippen LogP contribution in [-0.4, -0.2) is 44.0 Å². The highest BCUT2D eigenvalue weighted by Crippen LogP contribution is 2.26. The van der Waals surface area contributed by atoms with Crippen LogP contribution in [0.5, 0.6) is 0 Å². The van der Waals surface area contributed by atoms with Crippen LogP contribution in [0.3, 0.4) is 0 Å². The lowest BCUT2D eigenvalue weighted by atomic mass is 10.1. The van der Waals surface area contributed by atoms with Gasteiger partial charge in [-0.25, -0.2) is 9.18 Å². The maximum Gasteiger partial charge on any atom is 0.407 e. The Labute approximate surface area is 162 Å². The molecule has 0 fully saturated rings. The van der Waals surface area contributed by atoms with Gasteiger partial charge >= 0.3 is 6.09 Å². The van der Waals surface area contributed by atoms with Gasteiger partial charge in [-0.05, 0) is 44.9 Å². The smallest absolute Gasteiger partial charge is 0.407 e. The maximum atomic E-state index is 13.8. The molecule has 0 bridgehead atoms. The second-order valence-corrected chi connectivity index (χ2v) is 9.21. The highest BCUT2D eigenvalue weighted by molar-refractivity contribution is 7.85. The Morgan fingerprint density at radius 3 is 2.63 bits per heavy atom. The van der Waals surface area contributed by atoms with Crippen LogP contribution in [0.4, 0.5) is 9.18 Å². The van der Waals surface area contributed by atoms with Crippen molar-refractivity contribution in [2.75, 3.05) is 12.9 Å². The van der Waals surface area contributed by atoms with E-state index in [1.54, 1.807) is 27.0 Å². The molecular weight excluding hydrogens is 399 g/mol. The largest absolute Gasteiger partial charge is 0.444 e. The minimum absolute atomic E-state index is 0.0141. The monoisotopic (exact) mass is 420 g/mol. The molecule has 2 rings (SSSR count). The predicted octanol–water partition coefficient (Wildman–Crippen LogP) is 3.37. The van der Waals surface area contributed by atoms with Crippen molar-refractivity contribution in [3.05, 3.63) is 34.7 Å². The van der Waals surface area contributed by atoms with E-state index in [0.717, 1.165) is 6.26 Å². The van der Waals surface area contributed by atoms with Crippen LogP contribution < -0.4 is 5.32 Å². The summed E-state index contributed by atoms with van der Waals surface area (Å²) >= 11 is 5.78. The minimum Gasteiger partial charge on any atom is -0.444 e. The summed E-state index contributed by atoms with van der Waals surface area (Å²) in [5.74, 6) is -0.575. The van der Waals surface area contributed by atoms with E-state index in [2.05, 4.69) is 10.3 Å². The maximum absolute atomic E-state index is 13.8. The molecule has 0 aliphatic rings. The number of hydrogen-bond donors (Lipinski definition) is 2. The van der Waals surface area contributed by atoms with Crippen molar-refractivity contribution < 1.29 is 26.5 Å². The normalized spacial score (nSPS) is 13.6. The van der Waals surface area contributed by atoms with Gasteiger partial charge in [0.05, 0.1) is 23.9 Å². The van der Waals surface area contributed by atoms with E-state index >= 15 is 0 Å². The highest BCUT2D eigenvalue weighted by atomic mass is 35.5. The number of fused-ring (bicyclic) bond motifs is 1. The molecule has 0 saturated heterocycles. The Kier molecular flexibility index (Phi) is 6.39. The Hall–Kier alpha value is -1.84. The Morgan fingerprint density at radius 1 is 1.37 bits per heavy atom. The van der Waals surface area contributed by atoms with Gasteiger partial charge in [0.1, 0.15) is 11.4 Å². The Balaban J connectivity index is 2.22. The molecule has 1 aromatic carbocycles. The lowest BCUT2D eigenvalue weighted by Crippen LogP contribution is -2.43. The molecule has 1 amide bonds. The van der Waals surface area contributed by atoms with Crippen LogP contribution in [0.15, 0.2) is 18.3 Å². The van der Waals surface area contributed by atoms with Gasteiger partial charge in [-0.15, -0.1) is 0 Å². The predicted molar refractivity (Wildman–Crippen MR) is 101 cm³/mol. The Bertz CT molecular complexity index is 937. The third-order valence-corrected chi connectivity index (χ3v) is 4.33. The van der Waals surface area contributed by atoms with Gasteiger partial charge in [0.15, 0.2) is 0 Å². The van der Waals surface area contributed by atoms with Crippen molar-refractivity contribution >= 4 is 38.7 Å². The van der Waals surface area contributed by atoms with Crippen molar-refractivity contribution in [2.24, 2.45) is 0 Å². The fourth-order valence-corrected chi connectivity index (χ4v) is 3.02. The van der Waals surface area contributed by atoms with Gasteiger partial charge in [-0.3, -0.25) is 4.18 Å². The number of carbonyl (C=O) groups is 1. The molecule has 0 aliphatic carbocycles. The van der Waals surface area contributed by atoms with Crippen LogP contribution in [0, 0.1) is 5.82 Å². The van der Waals surface area contributed by atoms with Crippen molar-refractivity contribution in [1.82, 2.24) is 10.3 Å². The summed E-state index contributed by atoms with van der Waals surface area (Å²) in [6.45, 7) is 4.84.